The van der Waals surface area contributed by atoms with Crippen LogP contribution < -0.4 is 10.7 Å². The minimum atomic E-state index is -1.32. The Morgan fingerprint density at radius 3 is 2.23 bits per heavy atom. The number of hydrogen-bond acceptors (Lipinski definition) is 3. The van der Waals surface area contributed by atoms with Crippen LogP contribution in [0.4, 0.5) is 5.69 Å². The van der Waals surface area contributed by atoms with Crippen molar-refractivity contribution in [2.24, 2.45) is 11.0 Å². The summed E-state index contributed by atoms with van der Waals surface area (Å²) in [4.78, 5) is 25.7. The number of rotatable bonds is 6. The predicted octanol–water partition coefficient (Wildman–Crippen LogP) is 7.33. The minimum absolute atomic E-state index is 0.144. The van der Waals surface area contributed by atoms with E-state index in [1.54, 1.807) is 31.2 Å². The Hall–Kier alpha value is -2.28. The van der Waals surface area contributed by atoms with Crippen molar-refractivity contribution in [2.75, 3.05) is 5.32 Å². The Balaban J connectivity index is 1.48. The van der Waals surface area contributed by atoms with Gasteiger partial charge < -0.3 is 5.32 Å². The number of anilines is 1. The minimum Gasteiger partial charge on any atom is -0.326 e. The fourth-order valence-electron chi connectivity index (χ4n) is 3.76. The van der Waals surface area contributed by atoms with Crippen LogP contribution in [0, 0.1) is 5.92 Å². The molecule has 10 heteroatoms. The number of hydrogen-bond donors (Lipinski definition) is 2. The Morgan fingerprint density at radius 1 is 0.914 bits per heavy atom. The zero-order valence-electron chi connectivity index (χ0n) is 18.2. The van der Waals surface area contributed by atoms with Crippen LogP contribution in [-0.4, -0.2) is 21.9 Å². The molecule has 1 aliphatic rings. The summed E-state index contributed by atoms with van der Waals surface area (Å²) in [6.45, 7) is 1.78. The Kier molecular flexibility index (Phi) is 7.65. The maximum atomic E-state index is 13.0. The number of carbonyl (C=O) groups is 2. The number of carbonyl (C=O) groups excluding carboxylic acids is 2. The fraction of sp³-hybridized carbons (Fsp3) is 0.160. The normalized spacial score (nSPS) is 18.6. The molecule has 2 atom stereocenters. The Bertz CT molecular complexity index is 1310. The molecule has 5 nitrogen and oxygen atoms in total. The summed E-state index contributed by atoms with van der Waals surface area (Å²) >= 11 is 31.2. The lowest BCUT2D eigenvalue weighted by Gasteiger charge is -2.09. The van der Waals surface area contributed by atoms with Crippen LogP contribution in [0.15, 0.2) is 71.8 Å². The zero-order valence-corrected chi connectivity index (χ0v) is 21.9. The molecule has 3 aromatic carbocycles. The van der Waals surface area contributed by atoms with Gasteiger partial charge in [-0.3, -0.25) is 9.59 Å². The van der Waals surface area contributed by atoms with E-state index in [0.29, 0.717) is 27.0 Å². The average Bonchev–Trinajstić information content (AvgIpc) is 3.40. The molecule has 2 N–H and O–H groups in total. The molecule has 1 fully saturated rings. The van der Waals surface area contributed by atoms with E-state index >= 15 is 0 Å². The van der Waals surface area contributed by atoms with Gasteiger partial charge in [-0.05, 0) is 54.4 Å². The Morgan fingerprint density at radius 2 is 1.57 bits per heavy atom. The molecule has 180 valence electrons. The van der Waals surface area contributed by atoms with Gasteiger partial charge in [0, 0.05) is 21.7 Å². The van der Waals surface area contributed by atoms with Crippen LogP contribution in [0.2, 0.25) is 15.1 Å². The number of alkyl halides is 2. The molecule has 0 bridgehead atoms. The van der Waals surface area contributed by atoms with Gasteiger partial charge in [-0.2, -0.15) is 5.10 Å². The first-order chi connectivity index (χ1) is 16.6. The second kappa shape index (κ2) is 10.4. The third-order valence-corrected chi connectivity index (χ3v) is 7.28. The molecule has 35 heavy (non-hydrogen) atoms. The maximum Gasteiger partial charge on any atom is 0.272 e. The van der Waals surface area contributed by atoms with Crippen molar-refractivity contribution >= 4 is 81.2 Å². The molecule has 1 aliphatic carbocycles. The van der Waals surface area contributed by atoms with Gasteiger partial charge in [-0.15, -0.1) is 23.2 Å². The van der Waals surface area contributed by atoms with Crippen molar-refractivity contribution in [3.63, 3.8) is 0 Å². The van der Waals surface area contributed by atoms with E-state index in [9.17, 15) is 9.59 Å². The first kappa shape index (κ1) is 25.8. The highest BCUT2D eigenvalue weighted by molar-refractivity contribution is 6.53. The number of amides is 2. The topological polar surface area (TPSA) is 70.6 Å². The lowest BCUT2D eigenvalue weighted by molar-refractivity contribution is -0.117. The summed E-state index contributed by atoms with van der Waals surface area (Å²) in [6, 6.07) is 18.9. The molecular weight excluding hydrogens is 552 g/mol. The largest absolute Gasteiger partial charge is 0.326 e. The van der Waals surface area contributed by atoms with Crippen LogP contribution >= 0.6 is 58.0 Å². The van der Waals surface area contributed by atoms with Gasteiger partial charge in [0.2, 0.25) is 5.91 Å². The van der Waals surface area contributed by atoms with Crippen molar-refractivity contribution in [2.45, 2.75) is 17.2 Å². The van der Waals surface area contributed by atoms with Crippen molar-refractivity contribution < 1.29 is 9.59 Å². The third kappa shape index (κ3) is 5.76. The molecule has 0 saturated heterocycles. The average molecular weight is 570 g/mol. The summed E-state index contributed by atoms with van der Waals surface area (Å²) in [7, 11) is 0. The molecule has 0 aliphatic heterocycles. The molecule has 0 heterocycles. The van der Waals surface area contributed by atoms with Crippen LogP contribution in [0.5, 0.6) is 0 Å². The van der Waals surface area contributed by atoms with Crippen LogP contribution in [-0.2, 0) is 4.79 Å². The van der Waals surface area contributed by atoms with Crippen molar-refractivity contribution in [3.8, 4) is 0 Å². The van der Waals surface area contributed by atoms with Crippen LogP contribution in [0.1, 0.15) is 34.3 Å². The van der Waals surface area contributed by atoms with Crippen LogP contribution in [0.25, 0.3) is 0 Å². The molecule has 1 saturated carbocycles. The van der Waals surface area contributed by atoms with Crippen molar-refractivity contribution in [3.05, 3.63) is 98.5 Å². The summed E-state index contributed by atoms with van der Waals surface area (Å²) in [5.41, 5.74) is 5.14. The number of nitrogens with one attached hydrogen (secondary N) is 2. The van der Waals surface area contributed by atoms with E-state index in [-0.39, 0.29) is 10.6 Å². The van der Waals surface area contributed by atoms with Crippen LogP contribution in [0.3, 0.4) is 0 Å². The predicted molar refractivity (Wildman–Crippen MR) is 143 cm³/mol. The highest BCUT2D eigenvalue weighted by Gasteiger charge is 2.67. The summed E-state index contributed by atoms with van der Waals surface area (Å²) < 4.78 is -1.32. The molecular formula is C25H18Cl5N3O2. The highest BCUT2D eigenvalue weighted by atomic mass is 35.5. The van der Waals surface area contributed by atoms with Gasteiger partial charge in [0.25, 0.3) is 5.91 Å². The van der Waals surface area contributed by atoms with Crippen molar-refractivity contribution in [1.29, 1.82) is 0 Å². The monoisotopic (exact) mass is 567 g/mol. The number of nitrogens with zero attached hydrogens (tertiary/aromatic N) is 1. The van der Waals surface area contributed by atoms with E-state index in [1.165, 1.54) is 12.1 Å². The van der Waals surface area contributed by atoms with E-state index in [4.69, 9.17) is 58.0 Å². The van der Waals surface area contributed by atoms with Gasteiger partial charge in [0.1, 0.15) is 4.33 Å². The summed E-state index contributed by atoms with van der Waals surface area (Å²) in [5, 5.41) is 7.92. The summed E-state index contributed by atoms with van der Waals surface area (Å²) in [6.07, 6.45) is 0. The van der Waals surface area contributed by atoms with E-state index in [2.05, 4.69) is 15.8 Å². The number of hydrazone groups is 1. The summed E-state index contributed by atoms with van der Waals surface area (Å²) in [5.74, 6) is -2.18. The standard InChI is InChI=1S/C25H18Cl5N3O2/c1-13(14-5-3-2-4-6-14)32-33-23(34)19-12-18(7-8-20(19)28)31-24(35)22-21(25(22,29)30)15-9-16(26)11-17(27)10-15/h2-12,21-22H,1H3,(H,31,35)(H,33,34)/b32-13+. The number of halogens is 5. The van der Waals surface area contributed by atoms with Gasteiger partial charge >= 0.3 is 0 Å². The molecule has 0 aromatic heterocycles. The molecule has 4 rings (SSSR count). The van der Waals surface area contributed by atoms with E-state index in [0.717, 1.165) is 5.56 Å². The smallest absolute Gasteiger partial charge is 0.272 e. The van der Waals surface area contributed by atoms with E-state index < -0.39 is 28.0 Å². The number of benzene rings is 3. The van der Waals surface area contributed by atoms with Gasteiger partial charge in [0.05, 0.1) is 22.2 Å². The Labute approximate surface area is 227 Å². The van der Waals surface area contributed by atoms with E-state index in [1.807, 2.05) is 30.3 Å². The first-order valence-corrected chi connectivity index (χ1v) is 12.3. The molecule has 2 amide bonds. The van der Waals surface area contributed by atoms with Gasteiger partial charge in [-0.25, -0.2) is 5.43 Å². The molecule has 0 radical (unpaired) electrons. The lowest BCUT2D eigenvalue weighted by Crippen LogP contribution is -2.21. The molecule has 3 aromatic rings. The quantitative estimate of drug-likeness (QED) is 0.185. The lowest BCUT2D eigenvalue weighted by atomic mass is 10.1. The van der Waals surface area contributed by atoms with Crippen molar-refractivity contribution in [1.82, 2.24) is 5.43 Å². The molecule has 0 spiro atoms. The highest BCUT2D eigenvalue weighted by Crippen LogP contribution is 2.65. The first-order valence-electron chi connectivity index (χ1n) is 10.4. The second-order valence-corrected chi connectivity index (χ2v) is 10.7. The third-order valence-electron chi connectivity index (χ3n) is 5.58. The zero-order chi connectivity index (χ0) is 25.3. The fourth-order valence-corrected chi connectivity index (χ4v) is 5.33. The van der Waals surface area contributed by atoms with Gasteiger partial charge in [-0.1, -0.05) is 65.1 Å². The molecule has 2 unspecified atom stereocenters. The van der Waals surface area contributed by atoms with Gasteiger partial charge in [0.15, 0.2) is 0 Å². The second-order valence-electron chi connectivity index (χ2n) is 8.02. The maximum absolute atomic E-state index is 13.0. The SMILES string of the molecule is C/C(=N\NC(=O)c1cc(NC(=O)C2C(c3cc(Cl)cc(Cl)c3)C2(Cl)Cl)ccc1Cl)c1ccccc1.